The lowest BCUT2D eigenvalue weighted by molar-refractivity contribution is -0.384. The van der Waals surface area contributed by atoms with Crippen LogP contribution in [0.1, 0.15) is 27.2 Å². The van der Waals surface area contributed by atoms with Crippen LogP contribution in [0.4, 0.5) is 5.69 Å². The first-order valence-electron chi connectivity index (χ1n) is 11.6. The Morgan fingerprint density at radius 2 is 1.35 bits per heavy atom. The summed E-state index contributed by atoms with van der Waals surface area (Å²) in [5.41, 5.74) is 2.22. The van der Waals surface area contributed by atoms with E-state index in [0.717, 1.165) is 21.8 Å². The van der Waals surface area contributed by atoms with Crippen LogP contribution in [0.25, 0.3) is 10.9 Å². The van der Waals surface area contributed by atoms with E-state index in [2.05, 4.69) is 0 Å². The van der Waals surface area contributed by atoms with Crippen molar-refractivity contribution in [2.45, 2.75) is 5.54 Å². The second-order valence-corrected chi connectivity index (χ2v) is 8.51. The number of nitro groups is 1. The van der Waals surface area contributed by atoms with Gasteiger partial charge in [0.15, 0.2) is 5.69 Å². The number of amides is 1. The first-order chi connectivity index (χ1) is 18.0. The van der Waals surface area contributed by atoms with E-state index in [-0.39, 0.29) is 11.4 Å². The van der Waals surface area contributed by atoms with Gasteiger partial charge < -0.3 is 0 Å². The van der Waals surface area contributed by atoms with Crippen LogP contribution >= 0.6 is 0 Å². The highest BCUT2D eigenvalue weighted by molar-refractivity contribution is 6.05. The summed E-state index contributed by atoms with van der Waals surface area (Å²) in [5, 5.41) is 17.9. The number of carbonyl (C=O) groups excluding carboxylic acids is 1. The van der Waals surface area contributed by atoms with Gasteiger partial charge in [-0.15, -0.1) is 0 Å². The van der Waals surface area contributed by atoms with Crippen LogP contribution in [-0.2, 0) is 10.4 Å². The van der Waals surface area contributed by atoms with E-state index >= 15 is 0 Å². The Hall–Kier alpha value is -4.82. The lowest BCUT2D eigenvalue weighted by atomic mass is 9.77. The molecule has 0 aliphatic carbocycles. The number of hydrogen-bond acceptors (Lipinski definition) is 5. The third-order valence-electron chi connectivity index (χ3n) is 6.53. The number of aromatic nitrogens is 2. The predicted molar refractivity (Wildman–Crippen MR) is 140 cm³/mol. The molecule has 0 N–H and O–H groups in total. The van der Waals surface area contributed by atoms with E-state index in [4.69, 9.17) is 9.94 Å². The van der Waals surface area contributed by atoms with Gasteiger partial charge in [0.1, 0.15) is 5.54 Å². The molecule has 37 heavy (non-hydrogen) atoms. The van der Waals surface area contributed by atoms with Gasteiger partial charge in [0, 0.05) is 24.6 Å². The molecule has 5 aromatic rings. The minimum atomic E-state index is -0.998. The van der Waals surface area contributed by atoms with Crippen molar-refractivity contribution >= 4 is 22.5 Å². The Bertz CT molecular complexity index is 1470. The summed E-state index contributed by atoms with van der Waals surface area (Å²) in [5.74, 6) is -0.519. The molecule has 1 amide bonds. The first-order valence-corrected chi connectivity index (χ1v) is 11.6. The van der Waals surface area contributed by atoms with E-state index < -0.39 is 16.4 Å². The predicted octanol–water partition coefficient (Wildman–Crippen LogP) is 5.42. The molecule has 0 aliphatic heterocycles. The number of hydroxylamine groups is 2. The Kier molecular flexibility index (Phi) is 6.25. The normalized spacial score (nSPS) is 11.4. The molecule has 184 valence electrons. The highest BCUT2D eigenvalue weighted by Gasteiger charge is 2.41. The standard InChI is InChI=1S/C29H24N4O4/c1-31(37-2)28(34)27-25-20-24(33(35)36)18-19-26(25)32(30-27)29(21-12-6-3-7-13-21,22-14-8-4-9-15-22)23-16-10-5-11-17-23/h3-20H,1-2H3. The molecular formula is C29H24N4O4. The molecule has 5 rings (SSSR count). The summed E-state index contributed by atoms with van der Waals surface area (Å²) < 4.78 is 1.79. The van der Waals surface area contributed by atoms with Gasteiger partial charge in [-0.2, -0.15) is 5.10 Å². The number of non-ortho nitro benzene ring substituents is 1. The minimum Gasteiger partial charge on any atom is -0.274 e. The molecule has 1 heterocycles. The minimum absolute atomic E-state index is 0.0511. The molecule has 0 unspecified atom stereocenters. The second-order valence-electron chi connectivity index (χ2n) is 8.51. The fraction of sp³-hybridized carbons (Fsp3) is 0.103. The van der Waals surface area contributed by atoms with Gasteiger partial charge in [-0.25, -0.2) is 9.75 Å². The highest BCUT2D eigenvalue weighted by Crippen LogP contribution is 2.43. The summed E-state index contributed by atoms with van der Waals surface area (Å²) in [7, 11) is 2.85. The summed E-state index contributed by atoms with van der Waals surface area (Å²) in [6.45, 7) is 0. The third-order valence-corrected chi connectivity index (χ3v) is 6.53. The number of carbonyl (C=O) groups is 1. The van der Waals surface area contributed by atoms with E-state index in [0.29, 0.717) is 10.9 Å². The number of fused-ring (bicyclic) bond motifs is 1. The van der Waals surface area contributed by atoms with Crippen LogP contribution < -0.4 is 0 Å². The third kappa shape index (κ3) is 3.93. The average Bonchev–Trinajstić information content (AvgIpc) is 3.33. The molecule has 4 aromatic carbocycles. The fourth-order valence-corrected chi connectivity index (χ4v) is 4.77. The fourth-order valence-electron chi connectivity index (χ4n) is 4.77. The Morgan fingerprint density at radius 1 is 0.865 bits per heavy atom. The van der Waals surface area contributed by atoms with Crippen molar-refractivity contribution in [2.75, 3.05) is 14.2 Å². The van der Waals surface area contributed by atoms with Gasteiger partial charge in [-0.05, 0) is 22.8 Å². The van der Waals surface area contributed by atoms with Crippen LogP contribution in [0.5, 0.6) is 0 Å². The monoisotopic (exact) mass is 492 g/mol. The van der Waals surface area contributed by atoms with Crippen LogP contribution in [0.3, 0.4) is 0 Å². The van der Waals surface area contributed by atoms with E-state index in [9.17, 15) is 14.9 Å². The van der Waals surface area contributed by atoms with Crippen LogP contribution in [-0.4, -0.2) is 39.8 Å². The molecule has 8 nitrogen and oxygen atoms in total. The Morgan fingerprint density at radius 3 is 1.78 bits per heavy atom. The van der Waals surface area contributed by atoms with Crippen molar-refractivity contribution in [1.82, 2.24) is 14.8 Å². The van der Waals surface area contributed by atoms with Gasteiger partial charge in [0.2, 0.25) is 0 Å². The second kappa shape index (κ2) is 9.67. The van der Waals surface area contributed by atoms with Crippen molar-refractivity contribution in [3.63, 3.8) is 0 Å². The molecule has 0 bridgehead atoms. The van der Waals surface area contributed by atoms with Crippen LogP contribution in [0, 0.1) is 10.1 Å². The first kappa shape index (κ1) is 23.9. The lowest BCUT2D eigenvalue weighted by Crippen LogP contribution is -2.39. The number of nitro benzene ring substituents is 1. The van der Waals surface area contributed by atoms with Crippen molar-refractivity contribution in [3.05, 3.63) is 142 Å². The van der Waals surface area contributed by atoms with Gasteiger partial charge in [-0.1, -0.05) is 91.0 Å². The Balaban J connectivity index is 1.97. The largest absolute Gasteiger partial charge is 0.298 e. The van der Waals surface area contributed by atoms with E-state index in [1.165, 1.54) is 26.3 Å². The Labute approximate surface area is 213 Å². The maximum Gasteiger partial charge on any atom is 0.298 e. The molecule has 0 fully saturated rings. The number of nitrogens with zero attached hydrogens (tertiary/aromatic N) is 4. The number of benzene rings is 4. The van der Waals surface area contributed by atoms with Crippen molar-refractivity contribution in [2.24, 2.45) is 0 Å². The molecule has 0 saturated carbocycles. The molecule has 1 aromatic heterocycles. The SMILES string of the molecule is CON(C)C(=O)c1nn(C(c2ccccc2)(c2ccccc2)c2ccccc2)c2ccc([N+](=O)[O-])cc12. The molecule has 8 heteroatoms. The van der Waals surface area contributed by atoms with Gasteiger partial charge in [0.05, 0.1) is 17.5 Å². The zero-order valence-electron chi connectivity index (χ0n) is 20.3. The summed E-state index contributed by atoms with van der Waals surface area (Å²) in [6.07, 6.45) is 0. The van der Waals surface area contributed by atoms with Crippen molar-refractivity contribution < 1.29 is 14.6 Å². The molecule has 0 radical (unpaired) electrons. The van der Waals surface area contributed by atoms with Crippen molar-refractivity contribution in [1.29, 1.82) is 0 Å². The van der Waals surface area contributed by atoms with Crippen LogP contribution in [0.15, 0.2) is 109 Å². The van der Waals surface area contributed by atoms with Gasteiger partial charge in [-0.3, -0.25) is 19.7 Å². The quantitative estimate of drug-likeness (QED) is 0.172. The summed E-state index contributed by atoms with van der Waals surface area (Å²) in [6, 6.07) is 34.1. The molecule has 0 saturated heterocycles. The number of hydrogen-bond donors (Lipinski definition) is 0. The van der Waals surface area contributed by atoms with Crippen LogP contribution in [0.2, 0.25) is 0 Å². The van der Waals surface area contributed by atoms with Gasteiger partial charge >= 0.3 is 0 Å². The average molecular weight is 493 g/mol. The van der Waals surface area contributed by atoms with Gasteiger partial charge in [0.25, 0.3) is 11.6 Å². The molecule has 0 atom stereocenters. The van der Waals surface area contributed by atoms with Crippen molar-refractivity contribution in [3.8, 4) is 0 Å². The number of rotatable bonds is 7. The smallest absolute Gasteiger partial charge is 0.274 e. The maximum atomic E-state index is 13.4. The molecule has 0 aliphatic rings. The molecule has 0 spiro atoms. The molecular weight excluding hydrogens is 468 g/mol. The summed E-state index contributed by atoms with van der Waals surface area (Å²) in [4.78, 5) is 29.7. The highest BCUT2D eigenvalue weighted by atomic mass is 16.7. The zero-order valence-corrected chi connectivity index (χ0v) is 20.3. The lowest BCUT2D eigenvalue weighted by Gasteiger charge is -2.37. The van der Waals surface area contributed by atoms with E-state index in [1.54, 1.807) is 10.7 Å². The maximum absolute atomic E-state index is 13.4. The summed E-state index contributed by atoms with van der Waals surface area (Å²) >= 11 is 0. The zero-order chi connectivity index (χ0) is 26.0. The van der Waals surface area contributed by atoms with E-state index in [1.807, 2.05) is 91.0 Å². The topological polar surface area (TPSA) is 90.5 Å².